The first-order valence-electron chi connectivity index (χ1n) is 5.06. The Morgan fingerprint density at radius 2 is 2.10 bits per heavy atom. The fourth-order valence-corrected chi connectivity index (χ4v) is 3.40. The number of aromatic amines is 1. The van der Waals surface area contributed by atoms with Crippen molar-refractivity contribution in [3.05, 3.63) is 39.5 Å². The highest BCUT2D eigenvalue weighted by molar-refractivity contribution is 9.10. The molecule has 0 amide bonds. The normalized spacial score (nSPS) is 11.3. The zero-order valence-corrected chi connectivity index (χ0v) is 12.8. The first kappa shape index (κ1) is 14.8. The molecule has 1 aromatic heterocycles. The molecule has 7 nitrogen and oxygen atoms in total. The van der Waals surface area contributed by atoms with Crippen LogP contribution in [0.4, 0.5) is 5.82 Å². The molecule has 0 saturated carbocycles. The molecule has 0 radical (unpaired) electrons. The lowest BCUT2D eigenvalue weighted by atomic mass is 10.4. The van der Waals surface area contributed by atoms with Gasteiger partial charge in [-0.25, -0.2) is 13.2 Å². The van der Waals surface area contributed by atoms with Gasteiger partial charge in [0.25, 0.3) is 10.0 Å². The van der Waals surface area contributed by atoms with Gasteiger partial charge in [-0.1, -0.05) is 27.5 Å². The van der Waals surface area contributed by atoms with Gasteiger partial charge in [0.2, 0.25) is 0 Å². The second-order valence-corrected chi connectivity index (χ2v) is 6.63. The van der Waals surface area contributed by atoms with Crippen molar-refractivity contribution in [3.8, 4) is 0 Å². The number of aromatic nitrogens is 2. The van der Waals surface area contributed by atoms with Crippen LogP contribution in [0.25, 0.3) is 0 Å². The van der Waals surface area contributed by atoms with Gasteiger partial charge in [0.05, 0.1) is 5.02 Å². The Morgan fingerprint density at radius 3 is 2.65 bits per heavy atom. The van der Waals surface area contributed by atoms with Crippen LogP contribution < -0.4 is 4.72 Å². The van der Waals surface area contributed by atoms with Crippen LogP contribution in [-0.2, 0) is 10.0 Å². The highest BCUT2D eigenvalue weighted by Crippen LogP contribution is 2.26. The Hall–Kier alpha value is -1.58. The molecule has 2 aromatic rings. The third-order valence-electron chi connectivity index (χ3n) is 2.23. The van der Waals surface area contributed by atoms with Crippen molar-refractivity contribution in [1.82, 2.24) is 10.2 Å². The number of hydrogen-bond donors (Lipinski definition) is 3. The van der Waals surface area contributed by atoms with Crippen LogP contribution in [0.2, 0.25) is 5.02 Å². The highest BCUT2D eigenvalue weighted by Gasteiger charge is 2.20. The molecule has 0 spiro atoms. The number of rotatable bonds is 4. The Labute approximate surface area is 127 Å². The molecule has 1 aromatic carbocycles. The summed E-state index contributed by atoms with van der Waals surface area (Å²) in [7, 11) is -3.95. The first-order valence-corrected chi connectivity index (χ1v) is 7.71. The Balaban J connectivity index is 2.33. The summed E-state index contributed by atoms with van der Waals surface area (Å²) in [4.78, 5) is 10.5. The highest BCUT2D eigenvalue weighted by atomic mass is 79.9. The van der Waals surface area contributed by atoms with Gasteiger partial charge in [-0.3, -0.25) is 9.82 Å². The van der Waals surface area contributed by atoms with E-state index in [1.165, 1.54) is 18.2 Å². The summed E-state index contributed by atoms with van der Waals surface area (Å²) in [5.74, 6) is -1.38. The van der Waals surface area contributed by atoms with E-state index in [-0.39, 0.29) is 21.4 Å². The third-order valence-corrected chi connectivity index (χ3v) is 4.56. The van der Waals surface area contributed by atoms with Gasteiger partial charge in [-0.15, -0.1) is 0 Å². The summed E-state index contributed by atoms with van der Waals surface area (Å²) in [5, 5.41) is 14.5. The maximum Gasteiger partial charge on any atom is 0.353 e. The van der Waals surface area contributed by atoms with Crippen molar-refractivity contribution in [2.24, 2.45) is 0 Å². The van der Waals surface area contributed by atoms with Crippen molar-refractivity contribution in [3.63, 3.8) is 0 Å². The van der Waals surface area contributed by atoms with Gasteiger partial charge in [0, 0.05) is 10.5 Å². The molecule has 0 aliphatic heterocycles. The molecule has 0 fully saturated rings. The van der Waals surface area contributed by atoms with Crippen molar-refractivity contribution in [2.75, 3.05) is 4.72 Å². The maximum absolute atomic E-state index is 12.1. The average Bonchev–Trinajstić information content (AvgIpc) is 2.76. The molecular formula is C10H7BrClN3O4S. The van der Waals surface area contributed by atoms with Crippen LogP contribution >= 0.6 is 27.5 Å². The minimum atomic E-state index is -3.95. The molecule has 20 heavy (non-hydrogen) atoms. The van der Waals surface area contributed by atoms with E-state index in [0.29, 0.717) is 4.47 Å². The molecule has 0 bridgehead atoms. The maximum atomic E-state index is 12.1. The molecule has 0 aliphatic carbocycles. The molecule has 0 unspecified atom stereocenters. The number of aromatic carboxylic acids is 1. The standard InChI is InChI=1S/C10H7BrClN3O4S/c11-5-1-2-8(6(12)3-5)20(18,19)15-9-4-7(10(16)17)13-14-9/h1-4H,(H,16,17)(H2,13,14,15). The molecule has 1 heterocycles. The summed E-state index contributed by atoms with van der Waals surface area (Å²) in [6.07, 6.45) is 0. The predicted molar refractivity (Wildman–Crippen MR) is 75.5 cm³/mol. The second kappa shape index (κ2) is 5.43. The molecule has 106 valence electrons. The zero-order valence-electron chi connectivity index (χ0n) is 9.59. The van der Waals surface area contributed by atoms with Crippen molar-refractivity contribution in [1.29, 1.82) is 0 Å². The largest absolute Gasteiger partial charge is 0.477 e. The average molecular weight is 381 g/mol. The van der Waals surface area contributed by atoms with E-state index in [1.54, 1.807) is 0 Å². The number of H-pyrrole nitrogens is 1. The predicted octanol–water partition coefficient (Wildman–Crippen LogP) is 2.32. The Kier molecular flexibility index (Phi) is 4.02. The minimum absolute atomic E-state index is 0.0286. The number of benzene rings is 1. The number of halogens is 2. The van der Waals surface area contributed by atoms with Gasteiger partial charge in [-0.2, -0.15) is 5.10 Å². The molecule has 10 heteroatoms. The van der Waals surface area contributed by atoms with Crippen LogP contribution in [0, 0.1) is 0 Å². The third kappa shape index (κ3) is 3.11. The number of nitrogens with zero attached hydrogens (tertiary/aromatic N) is 1. The van der Waals surface area contributed by atoms with Gasteiger partial charge < -0.3 is 5.11 Å². The lowest BCUT2D eigenvalue weighted by Crippen LogP contribution is -2.13. The monoisotopic (exact) mass is 379 g/mol. The summed E-state index contributed by atoms with van der Waals surface area (Å²) >= 11 is 9.03. The van der Waals surface area contributed by atoms with Gasteiger partial charge in [0.1, 0.15) is 10.6 Å². The second-order valence-electron chi connectivity index (χ2n) is 3.65. The topological polar surface area (TPSA) is 112 Å². The Morgan fingerprint density at radius 1 is 1.40 bits per heavy atom. The molecule has 0 saturated heterocycles. The fourth-order valence-electron chi connectivity index (χ4n) is 1.37. The van der Waals surface area contributed by atoms with E-state index in [2.05, 4.69) is 30.8 Å². The molecular weight excluding hydrogens is 374 g/mol. The first-order chi connectivity index (χ1) is 9.29. The van der Waals surface area contributed by atoms with Crippen molar-refractivity contribution < 1.29 is 18.3 Å². The summed E-state index contributed by atoms with van der Waals surface area (Å²) < 4.78 is 27.0. The van der Waals surface area contributed by atoms with E-state index in [0.717, 1.165) is 6.07 Å². The number of sulfonamides is 1. The van der Waals surface area contributed by atoms with Gasteiger partial charge in [-0.05, 0) is 18.2 Å². The minimum Gasteiger partial charge on any atom is -0.477 e. The van der Waals surface area contributed by atoms with E-state index in [9.17, 15) is 13.2 Å². The number of carbonyl (C=O) groups is 1. The van der Waals surface area contributed by atoms with E-state index in [4.69, 9.17) is 16.7 Å². The number of anilines is 1. The number of carboxylic acids is 1. The quantitative estimate of drug-likeness (QED) is 0.753. The number of carboxylic acid groups (broad SMARTS) is 1. The van der Waals surface area contributed by atoms with Crippen molar-refractivity contribution in [2.45, 2.75) is 4.90 Å². The lowest BCUT2D eigenvalue weighted by molar-refractivity contribution is 0.0690. The van der Waals surface area contributed by atoms with Crippen LogP contribution in [-0.4, -0.2) is 29.7 Å². The lowest BCUT2D eigenvalue weighted by Gasteiger charge is -2.07. The van der Waals surface area contributed by atoms with Gasteiger partial charge >= 0.3 is 5.97 Å². The van der Waals surface area contributed by atoms with Crippen molar-refractivity contribution >= 4 is 49.3 Å². The smallest absolute Gasteiger partial charge is 0.353 e. The Bertz CT molecular complexity index is 775. The summed E-state index contributed by atoms with van der Waals surface area (Å²) in [6.45, 7) is 0. The van der Waals surface area contributed by atoms with Crippen LogP contribution in [0.15, 0.2) is 33.6 Å². The number of nitrogens with one attached hydrogen (secondary N) is 2. The van der Waals surface area contributed by atoms with Crippen LogP contribution in [0.3, 0.4) is 0 Å². The van der Waals surface area contributed by atoms with Crippen LogP contribution in [0.1, 0.15) is 10.5 Å². The van der Waals surface area contributed by atoms with E-state index < -0.39 is 16.0 Å². The molecule has 0 aliphatic rings. The summed E-state index contributed by atoms with van der Waals surface area (Å²) in [6, 6.07) is 5.34. The SMILES string of the molecule is O=C(O)c1cc(NS(=O)(=O)c2ccc(Br)cc2Cl)n[nH]1. The fraction of sp³-hybridized carbons (Fsp3) is 0. The summed E-state index contributed by atoms with van der Waals surface area (Å²) in [5.41, 5.74) is -0.232. The van der Waals surface area contributed by atoms with Crippen LogP contribution in [0.5, 0.6) is 0 Å². The van der Waals surface area contributed by atoms with E-state index >= 15 is 0 Å². The van der Waals surface area contributed by atoms with Gasteiger partial charge in [0.15, 0.2) is 5.82 Å². The van der Waals surface area contributed by atoms with E-state index in [1.807, 2.05) is 0 Å². The number of hydrogen-bond acceptors (Lipinski definition) is 4. The molecule has 0 atom stereocenters. The zero-order chi connectivity index (χ0) is 14.9. The molecule has 3 N–H and O–H groups in total. The molecule has 2 rings (SSSR count).